The van der Waals surface area contributed by atoms with Gasteiger partial charge >= 0.3 is 0 Å². The molecule has 0 radical (unpaired) electrons. The number of halogens is 4. The van der Waals surface area contributed by atoms with Crippen molar-refractivity contribution in [3.8, 4) is 0 Å². The molecule has 0 amide bonds. The van der Waals surface area contributed by atoms with E-state index in [1.54, 1.807) is 6.92 Å². The van der Waals surface area contributed by atoms with Crippen LogP contribution in [0.2, 0.25) is 0 Å². The Labute approximate surface area is 133 Å². The molecule has 1 nitrogen and oxygen atoms in total. The highest BCUT2D eigenvalue weighted by atomic mass is 79.9. The van der Waals surface area contributed by atoms with E-state index < -0.39 is 11.6 Å². The minimum Gasteiger partial charge on any atom is -0.374 e. The zero-order valence-electron chi connectivity index (χ0n) is 11.0. The minimum atomic E-state index is -0.590. The Balaban J connectivity index is 2.32. The summed E-state index contributed by atoms with van der Waals surface area (Å²) >= 11 is 6.83. The molecule has 1 N–H and O–H groups in total. The number of benzene rings is 2. The number of anilines is 1. The number of aryl methyl sites for hydroxylation is 1. The topological polar surface area (TPSA) is 12.0 Å². The zero-order valence-corrected chi connectivity index (χ0v) is 14.1. The molecule has 1 unspecified atom stereocenters. The quantitative estimate of drug-likeness (QED) is 0.664. The Morgan fingerprint density at radius 2 is 1.80 bits per heavy atom. The van der Waals surface area contributed by atoms with E-state index in [4.69, 9.17) is 0 Å². The van der Waals surface area contributed by atoms with Crippen LogP contribution >= 0.6 is 31.9 Å². The summed E-state index contributed by atoms with van der Waals surface area (Å²) in [6, 6.07) is 8.15. The lowest BCUT2D eigenvalue weighted by Crippen LogP contribution is -2.11. The number of nitrogens with one attached hydrogen (secondary N) is 1. The monoisotopic (exact) mass is 403 g/mol. The van der Waals surface area contributed by atoms with Gasteiger partial charge in [0.15, 0.2) is 5.82 Å². The molecule has 5 heteroatoms. The van der Waals surface area contributed by atoms with Gasteiger partial charge in [0.25, 0.3) is 0 Å². The van der Waals surface area contributed by atoms with Gasteiger partial charge in [0.05, 0.1) is 0 Å². The maximum absolute atomic E-state index is 14.0. The molecule has 106 valence electrons. The van der Waals surface area contributed by atoms with Gasteiger partial charge < -0.3 is 5.32 Å². The van der Waals surface area contributed by atoms with Crippen LogP contribution in [0.3, 0.4) is 0 Å². The molecule has 0 aliphatic carbocycles. The van der Waals surface area contributed by atoms with Crippen LogP contribution in [0.15, 0.2) is 39.3 Å². The summed E-state index contributed by atoms with van der Waals surface area (Å²) in [7, 11) is 0. The Hall–Kier alpha value is -0.940. The first-order valence-corrected chi connectivity index (χ1v) is 7.65. The van der Waals surface area contributed by atoms with Gasteiger partial charge in [0, 0.05) is 15.0 Å². The number of hydrogen-bond donors (Lipinski definition) is 1. The molecule has 2 rings (SSSR count). The van der Waals surface area contributed by atoms with Crippen LogP contribution in [-0.4, -0.2) is 0 Å². The first-order valence-electron chi connectivity index (χ1n) is 6.06. The molecule has 2 aromatic carbocycles. The number of hydrogen-bond acceptors (Lipinski definition) is 1. The first-order chi connectivity index (χ1) is 9.40. The largest absolute Gasteiger partial charge is 0.374 e. The van der Waals surface area contributed by atoms with Gasteiger partial charge in [-0.2, -0.15) is 0 Å². The van der Waals surface area contributed by atoms with E-state index in [-0.39, 0.29) is 11.7 Å². The SMILES string of the molecule is Cc1ccc(F)c(NC(C)c2ccc(Br)cc2Br)c1F. The van der Waals surface area contributed by atoms with E-state index in [9.17, 15) is 8.78 Å². The highest BCUT2D eigenvalue weighted by molar-refractivity contribution is 9.11. The normalized spacial score (nSPS) is 12.3. The van der Waals surface area contributed by atoms with Gasteiger partial charge in [0.1, 0.15) is 11.5 Å². The van der Waals surface area contributed by atoms with E-state index in [0.29, 0.717) is 5.56 Å². The molecule has 20 heavy (non-hydrogen) atoms. The second kappa shape index (κ2) is 6.22. The Kier molecular flexibility index (Phi) is 4.81. The fourth-order valence-corrected chi connectivity index (χ4v) is 3.33. The summed E-state index contributed by atoms with van der Waals surface area (Å²) in [5.41, 5.74) is 1.25. The molecule has 0 heterocycles. The minimum absolute atomic E-state index is 0.0904. The molecule has 0 aromatic heterocycles. The summed E-state index contributed by atoms with van der Waals surface area (Å²) in [6.45, 7) is 3.47. The van der Waals surface area contributed by atoms with Crippen LogP contribution < -0.4 is 5.32 Å². The van der Waals surface area contributed by atoms with Crippen molar-refractivity contribution < 1.29 is 8.78 Å². The third-order valence-electron chi connectivity index (χ3n) is 3.07. The molecule has 0 aliphatic rings. The predicted molar refractivity (Wildman–Crippen MR) is 85.0 cm³/mol. The summed E-state index contributed by atoms with van der Waals surface area (Å²) in [5.74, 6) is -1.14. The fourth-order valence-electron chi connectivity index (χ4n) is 1.94. The summed E-state index contributed by atoms with van der Waals surface area (Å²) in [5, 5.41) is 2.90. The third kappa shape index (κ3) is 3.20. The molecule has 0 aliphatic heterocycles. The summed E-state index contributed by atoms with van der Waals surface area (Å²) in [4.78, 5) is 0. The maximum Gasteiger partial charge on any atom is 0.152 e. The zero-order chi connectivity index (χ0) is 14.9. The van der Waals surface area contributed by atoms with Gasteiger partial charge in [-0.15, -0.1) is 0 Å². The van der Waals surface area contributed by atoms with Crippen molar-refractivity contribution in [3.63, 3.8) is 0 Å². The maximum atomic E-state index is 14.0. The van der Waals surface area contributed by atoms with E-state index in [0.717, 1.165) is 14.5 Å². The van der Waals surface area contributed by atoms with Crippen molar-refractivity contribution in [2.24, 2.45) is 0 Å². The van der Waals surface area contributed by atoms with Gasteiger partial charge in [0.2, 0.25) is 0 Å². The van der Waals surface area contributed by atoms with Gasteiger partial charge in [-0.05, 0) is 43.2 Å². The van der Waals surface area contributed by atoms with Crippen molar-refractivity contribution in [2.75, 3.05) is 5.32 Å². The lowest BCUT2D eigenvalue weighted by Gasteiger charge is -2.19. The average Bonchev–Trinajstić information content (AvgIpc) is 2.39. The second-order valence-electron chi connectivity index (χ2n) is 4.59. The fraction of sp³-hybridized carbons (Fsp3) is 0.200. The average molecular weight is 405 g/mol. The van der Waals surface area contributed by atoms with Gasteiger partial charge in [-0.1, -0.05) is 44.0 Å². The lowest BCUT2D eigenvalue weighted by molar-refractivity contribution is 0.579. The molecule has 0 saturated heterocycles. The van der Waals surface area contributed by atoms with Crippen molar-refractivity contribution >= 4 is 37.5 Å². The molecule has 0 saturated carbocycles. The van der Waals surface area contributed by atoms with Crippen LogP contribution in [0.1, 0.15) is 24.1 Å². The predicted octanol–water partition coefficient (Wildman–Crippen LogP) is 5.97. The number of rotatable bonds is 3. The van der Waals surface area contributed by atoms with Crippen molar-refractivity contribution in [2.45, 2.75) is 19.9 Å². The Bertz CT molecular complexity index is 644. The highest BCUT2D eigenvalue weighted by Gasteiger charge is 2.16. The smallest absolute Gasteiger partial charge is 0.152 e. The van der Waals surface area contributed by atoms with E-state index in [1.165, 1.54) is 12.1 Å². The van der Waals surface area contributed by atoms with E-state index in [1.807, 2.05) is 25.1 Å². The van der Waals surface area contributed by atoms with Crippen LogP contribution in [0.5, 0.6) is 0 Å². The van der Waals surface area contributed by atoms with Gasteiger partial charge in [-0.3, -0.25) is 0 Å². The van der Waals surface area contributed by atoms with E-state index >= 15 is 0 Å². The van der Waals surface area contributed by atoms with Crippen LogP contribution in [0.4, 0.5) is 14.5 Å². The molecule has 0 spiro atoms. The first kappa shape index (κ1) is 15.4. The molecule has 1 atom stereocenters. The second-order valence-corrected chi connectivity index (χ2v) is 6.36. The summed E-state index contributed by atoms with van der Waals surface area (Å²) in [6.07, 6.45) is 0. The van der Waals surface area contributed by atoms with E-state index in [2.05, 4.69) is 37.2 Å². The molecule has 2 aromatic rings. The molecule has 0 bridgehead atoms. The van der Waals surface area contributed by atoms with Crippen molar-refractivity contribution in [1.29, 1.82) is 0 Å². The standard InChI is InChI=1S/C15H13Br2F2N/c1-8-3-6-13(18)15(14(8)19)20-9(2)11-5-4-10(16)7-12(11)17/h3-7,9,20H,1-2H3. The molecular weight excluding hydrogens is 392 g/mol. The lowest BCUT2D eigenvalue weighted by atomic mass is 10.1. The van der Waals surface area contributed by atoms with Crippen LogP contribution in [0.25, 0.3) is 0 Å². The van der Waals surface area contributed by atoms with Crippen molar-refractivity contribution in [3.05, 3.63) is 62.0 Å². The highest BCUT2D eigenvalue weighted by Crippen LogP contribution is 2.31. The third-order valence-corrected chi connectivity index (χ3v) is 4.25. The van der Waals surface area contributed by atoms with Crippen LogP contribution in [-0.2, 0) is 0 Å². The molecular formula is C15H13Br2F2N. The van der Waals surface area contributed by atoms with Crippen molar-refractivity contribution in [1.82, 2.24) is 0 Å². The van der Waals surface area contributed by atoms with Gasteiger partial charge in [-0.25, -0.2) is 8.78 Å². The Morgan fingerprint density at radius 3 is 2.45 bits per heavy atom. The van der Waals surface area contributed by atoms with Crippen LogP contribution in [0, 0.1) is 18.6 Å². The summed E-state index contributed by atoms with van der Waals surface area (Å²) < 4.78 is 29.5. The Morgan fingerprint density at radius 1 is 1.10 bits per heavy atom. The molecule has 0 fully saturated rings.